The molecule has 0 saturated carbocycles. The summed E-state index contributed by atoms with van der Waals surface area (Å²) in [6.45, 7) is -0.924. The second-order valence-electron chi connectivity index (χ2n) is 10.7. The topological polar surface area (TPSA) is 96.0 Å². The van der Waals surface area contributed by atoms with Crippen LogP contribution < -0.4 is 14.4 Å². The number of hydrogen-bond acceptors (Lipinski definition) is 5. The highest BCUT2D eigenvalue weighted by Gasteiger charge is 2.34. The molecule has 0 bridgehead atoms. The van der Waals surface area contributed by atoms with Crippen LogP contribution in [0.2, 0.25) is 0 Å². The van der Waals surface area contributed by atoms with Gasteiger partial charge < -0.3 is 15.0 Å². The van der Waals surface area contributed by atoms with Crippen LogP contribution in [0.1, 0.15) is 11.1 Å². The van der Waals surface area contributed by atoms with Crippen molar-refractivity contribution >= 4 is 27.5 Å². The van der Waals surface area contributed by atoms with Crippen molar-refractivity contribution < 1.29 is 27.1 Å². The summed E-state index contributed by atoms with van der Waals surface area (Å²) in [6, 6.07) is 37.2. The van der Waals surface area contributed by atoms with Crippen molar-refractivity contribution in [3.63, 3.8) is 0 Å². The standard InChI is InChI=1S/C37H34FN3O5S/c1-39-37(43)35(25-28-13-5-2-6-14-28)40(26-29-15-11-12-20-34(29)38)36(42)27-41(47(44,45)33-18-9-4-10-19-33)30-21-23-32(24-22-30)46-31-16-7-3-8-17-31/h2-24,35H,25-27H2,1H3,(H,39,43)/t35-/m0/s1. The average molecular weight is 652 g/mol. The number of carbonyl (C=O) groups is 2. The third-order valence-corrected chi connectivity index (χ3v) is 9.32. The first-order valence-electron chi connectivity index (χ1n) is 15.0. The minimum Gasteiger partial charge on any atom is -0.457 e. The number of hydrogen-bond donors (Lipinski definition) is 1. The Bertz CT molecular complexity index is 1890. The summed E-state index contributed by atoms with van der Waals surface area (Å²) in [6.07, 6.45) is 0.123. The van der Waals surface area contributed by atoms with Gasteiger partial charge in [-0.2, -0.15) is 0 Å². The third-order valence-electron chi connectivity index (χ3n) is 7.53. The van der Waals surface area contributed by atoms with Crippen molar-refractivity contribution in [2.75, 3.05) is 17.9 Å². The fourth-order valence-corrected chi connectivity index (χ4v) is 6.52. The fourth-order valence-electron chi connectivity index (χ4n) is 5.08. The lowest BCUT2D eigenvalue weighted by molar-refractivity contribution is -0.139. The highest BCUT2D eigenvalue weighted by Crippen LogP contribution is 2.29. The summed E-state index contributed by atoms with van der Waals surface area (Å²) >= 11 is 0. The minimum atomic E-state index is -4.28. The van der Waals surface area contributed by atoms with Crippen LogP contribution in [0.25, 0.3) is 0 Å². The lowest BCUT2D eigenvalue weighted by Gasteiger charge is -2.33. The number of ether oxygens (including phenoxy) is 1. The van der Waals surface area contributed by atoms with Crippen LogP contribution in [0.4, 0.5) is 10.1 Å². The van der Waals surface area contributed by atoms with Crippen LogP contribution in [-0.4, -0.2) is 44.8 Å². The van der Waals surface area contributed by atoms with Crippen LogP contribution >= 0.6 is 0 Å². The number of nitrogens with zero attached hydrogens (tertiary/aromatic N) is 2. The van der Waals surface area contributed by atoms with Gasteiger partial charge in [-0.15, -0.1) is 0 Å². The van der Waals surface area contributed by atoms with E-state index in [2.05, 4.69) is 5.32 Å². The van der Waals surface area contributed by atoms with Gasteiger partial charge in [0, 0.05) is 25.6 Å². The van der Waals surface area contributed by atoms with Gasteiger partial charge in [-0.25, -0.2) is 12.8 Å². The zero-order valence-corrected chi connectivity index (χ0v) is 26.5. The molecule has 1 N–H and O–H groups in total. The number of nitrogens with one attached hydrogen (secondary N) is 1. The maximum Gasteiger partial charge on any atom is 0.264 e. The molecule has 5 aromatic carbocycles. The number of benzene rings is 5. The molecular formula is C37H34FN3O5S. The normalized spacial score (nSPS) is 11.7. The molecule has 0 aromatic heterocycles. The predicted molar refractivity (Wildman–Crippen MR) is 179 cm³/mol. The first kappa shape index (κ1) is 32.9. The van der Waals surface area contributed by atoms with E-state index in [1.54, 1.807) is 60.7 Å². The number of anilines is 1. The Morgan fingerprint density at radius 3 is 1.91 bits per heavy atom. The van der Waals surface area contributed by atoms with E-state index in [1.807, 2.05) is 48.5 Å². The van der Waals surface area contributed by atoms with Gasteiger partial charge in [0.1, 0.15) is 29.9 Å². The first-order valence-corrected chi connectivity index (χ1v) is 16.4. The summed E-state index contributed by atoms with van der Waals surface area (Å²) in [5, 5.41) is 2.62. The maximum absolute atomic E-state index is 15.0. The molecule has 0 aliphatic rings. The summed E-state index contributed by atoms with van der Waals surface area (Å²) in [7, 11) is -2.82. The average Bonchev–Trinajstić information content (AvgIpc) is 3.10. The van der Waals surface area contributed by atoms with Crippen LogP contribution in [0.3, 0.4) is 0 Å². The summed E-state index contributed by atoms with van der Waals surface area (Å²) in [5.74, 6) is -0.651. The Morgan fingerprint density at radius 2 is 1.30 bits per heavy atom. The summed E-state index contributed by atoms with van der Waals surface area (Å²) in [4.78, 5) is 28.9. The summed E-state index contributed by atoms with van der Waals surface area (Å²) < 4.78 is 50.1. The highest BCUT2D eigenvalue weighted by molar-refractivity contribution is 7.92. The third kappa shape index (κ3) is 8.22. The van der Waals surface area contributed by atoms with E-state index in [4.69, 9.17) is 4.74 Å². The van der Waals surface area contributed by atoms with Gasteiger partial charge in [-0.1, -0.05) is 84.9 Å². The van der Waals surface area contributed by atoms with Gasteiger partial charge in [-0.3, -0.25) is 13.9 Å². The summed E-state index contributed by atoms with van der Waals surface area (Å²) in [5.41, 5.74) is 1.16. The zero-order chi connectivity index (χ0) is 33.2. The molecule has 5 rings (SSSR count). The first-order chi connectivity index (χ1) is 22.8. The lowest BCUT2D eigenvalue weighted by Crippen LogP contribution is -2.53. The largest absolute Gasteiger partial charge is 0.457 e. The number of para-hydroxylation sites is 1. The molecule has 0 heterocycles. The molecule has 0 radical (unpaired) electrons. The van der Waals surface area contributed by atoms with Crippen molar-refractivity contribution in [3.05, 3.63) is 156 Å². The van der Waals surface area contributed by atoms with E-state index in [0.29, 0.717) is 11.5 Å². The monoisotopic (exact) mass is 651 g/mol. The Labute approximate surface area is 274 Å². The number of likely N-dealkylation sites (N-methyl/N-ethyl adjacent to an activating group) is 1. The smallest absolute Gasteiger partial charge is 0.264 e. The Hall–Kier alpha value is -5.48. The van der Waals surface area contributed by atoms with E-state index in [0.717, 1.165) is 9.87 Å². The number of rotatable bonds is 13. The molecule has 0 unspecified atom stereocenters. The fraction of sp³-hybridized carbons (Fsp3) is 0.135. The molecule has 0 spiro atoms. The number of halogens is 1. The molecule has 0 aliphatic heterocycles. The van der Waals surface area contributed by atoms with Gasteiger partial charge >= 0.3 is 0 Å². The van der Waals surface area contributed by atoms with Crippen LogP contribution in [0.15, 0.2) is 144 Å². The SMILES string of the molecule is CNC(=O)[C@H](Cc1ccccc1)N(Cc1ccccc1F)C(=O)CN(c1ccc(Oc2ccccc2)cc1)S(=O)(=O)c1ccccc1. The Kier molecular flexibility index (Phi) is 10.6. The molecule has 1 atom stereocenters. The molecule has 240 valence electrons. The number of sulfonamides is 1. The van der Waals surface area contributed by atoms with Crippen molar-refractivity contribution in [1.29, 1.82) is 0 Å². The lowest BCUT2D eigenvalue weighted by atomic mass is 10.0. The molecule has 47 heavy (non-hydrogen) atoms. The quantitative estimate of drug-likeness (QED) is 0.164. The molecule has 8 nitrogen and oxygen atoms in total. The van der Waals surface area contributed by atoms with Crippen LogP contribution in [0, 0.1) is 5.82 Å². The van der Waals surface area contributed by atoms with E-state index in [-0.39, 0.29) is 29.1 Å². The number of carbonyl (C=O) groups excluding carboxylic acids is 2. The molecule has 5 aromatic rings. The van der Waals surface area contributed by atoms with Gasteiger partial charge in [-0.05, 0) is 60.2 Å². The van der Waals surface area contributed by atoms with E-state index in [1.165, 1.54) is 42.3 Å². The maximum atomic E-state index is 15.0. The van der Waals surface area contributed by atoms with Gasteiger partial charge in [0.05, 0.1) is 10.6 Å². The van der Waals surface area contributed by atoms with Gasteiger partial charge in [0.15, 0.2) is 0 Å². The van der Waals surface area contributed by atoms with Crippen molar-refractivity contribution in [2.45, 2.75) is 23.9 Å². The molecule has 10 heteroatoms. The van der Waals surface area contributed by atoms with Crippen molar-refractivity contribution in [2.24, 2.45) is 0 Å². The van der Waals surface area contributed by atoms with Gasteiger partial charge in [0.25, 0.3) is 10.0 Å². The van der Waals surface area contributed by atoms with E-state index in [9.17, 15) is 22.4 Å². The Morgan fingerprint density at radius 1 is 0.745 bits per heavy atom. The predicted octanol–water partition coefficient (Wildman–Crippen LogP) is 6.20. The second kappa shape index (κ2) is 15.2. The second-order valence-corrected chi connectivity index (χ2v) is 12.5. The Balaban J connectivity index is 1.54. The number of amides is 2. The van der Waals surface area contributed by atoms with E-state index >= 15 is 0 Å². The molecule has 0 saturated heterocycles. The molecular weight excluding hydrogens is 617 g/mol. The van der Waals surface area contributed by atoms with Gasteiger partial charge in [0.2, 0.25) is 11.8 Å². The molecule has 0 aliphatic carbocycles. The minimum absolute atomic E-state index is 0.0230. The highest BCUT2D eigenvalue weighted by atomic mass is 32.2. The van der Waals surface area contributed by atoms with E-state index < -0.39 is 40.2 Å². The van der Waals surface area contributed by atoms with Crippen LogP contribution in [-0.2, 0) is 32.6 Å². The van der Waals surface area contributed by atoms with Crippen molar-refractivity contribution in [1.82, 2.24) is 10.2 Å². The van der Waals surface area contributed by atoms with Crippen LogP contribution in [0.5, 0.6) is 11.5 Å². The van der Waals surface area contributed by atoms with Crippen molar-refractivity contribution in [3.8, 4) is 11.5 Å². The zero-order valence-electron chi connectivity index (χ0n) is 25.7. The molecule has 2 amide bonds. The molecule has 0 fully saturated rings.